The van der Waals surface area contributed by atoms with Gasteiger partial charge in [-0.05, 0) is 30.7 Å². The van der Waals surface area contributed by atoms with E-state index < -0.39 is 0 Å². The smallest absolute Gasteiger partial charge is 0.315 e. The number of methoxy groups -OCH3 is 1. The molecule has 22 heavy (non-hydrogen) atoms. The summed E-state index contributed by atoms with van der Waals surface area (Å²) >= 11 is 0. The van der Waals surface area contributed by atoms with Gasteiger partial charge in [0.1, 0.15) is 0 Å². The summed E-state index contributed by atoms with van der Waals surface area (Å²) in [6.07, 6.45) is 4.87. The van der Waals surface area contributed by atoms with Gasteiger partial charge in [-0.15, -0.1) is 0 Å². The first-order valence-corrected chi connectivity index (χ1v) is 7.86. The molecule has 6 nitrogen and oxygen atoms in total. The number of aliphatic hydroxyl groups is 1. The molecule has 1 aromatic heterocycles. The molecule has 0 aromatic carbocycles. The molecule has 1 aliphatic rings. The molecule has 1 unspecified atom stereocenters. The summed E-state index contributed by atoms with van der Waals surface area (Å²) in [5, 5.41) is 15.4. The van der Waals surface area contributed by atoms with Crippen molar-refractivity contribution in [2.45, 2.75) is 44.8 Å². The minimum Gasteiger partial charge on any atom is -0.481 e. The summed E-state index contributed by atoms with van der Waals surface area (Å²) in [5.74, 6) is 0.783. The normalized spacial score (nSPS) is 21.6. The molecule has 2 rings (SSSR count). The van der Waals surface area contributed by atoms with E-state index in [1.165, 1.54) is 0 Å². The number of urea groups is 1. The highest BCUT2D eigenvalue weighted by atomic mass is 16.5. The topological polar surface area (TPSA) is 83.5 Å². The molecule has 0 spiro atoms. The second-order valence-electron chi connectivity index (χ2n) is 5.75. The third kappa shape index (κ3) is 4.34. The van der Waals surface area contributed by atoms with Crippen molar-refractivity contribution in [3.63, 3.8) is 0 Å². The zero-order chi connectivity index (χ0) is 15.9. The van der Waals surface area contributed by atoms with Crippen LogP contribution in [0.5, 0.6) is 5.88 Å². The number of aliphatic hydroxyl groups excluding tert-OH is 1. The maximum absolute atomic E-state index is 12.0. The average molecular weight is 307 g/mol. The van der Waals surface area contributed by atoms with Gasteiger partial charge in [0, 0.05) is 18.8 Å². The van der Waals surface area contributed by atoms with E-state index in [0.29, 0.717) is 25.3 Å². The van der Waals surface area contributed by atoms with Gasteiger partial charge in [0.25, 0.3) is 0 Å². The van der Waals surface area contributed by atoms with Crippen molar-refractivity contribution in [1.82, 2.24) is 15.6 Å². The van der Waals surface area contributed by atoms with E-state index in [1.54, 1.807) is 19.4 Å². The molecule has 0 bridgehead atoms. The zero-order valence-electron chi connectivity index (χ0n) is 13.2. The first kappa shape index (κ1) is 16.5. The minimum atomic E-state index is -0.260. The van der Waals surface area contributed by atoms with Crippen LogP contribution in [0, 0.1) is 5.92 Å². The Morgan fingerprint density at radius 2 is 2.27 bits per heavy atom. The van der Waals surface area contributed by atoms with E-state index in [1.807, 2.05) is 6.07 Å². The van der Waals surface area contributed by atoms with Crippen LogP contribution in [0.2, 0.25) is 0 Å². The summed E-state index contributed by atoms with van der Waals surface area (Å²) in [4.78, 5) is 16.2. The zero-order valence-corrected chi connectivity index (χ0v) is 13.2. The Bertz CT molecular complexity index is 472. The molecule has 0 aliphatic heterocycles. The number of nitrogens with zero attached hydrogens (tertiary/aromatic N) is 1. The summed E-state index contributed by atoms with van der Waals surface area (Å²) in [7, 11) is 1.57. The lowest BCUT2D eigenvalue weighted by atomic mass is 9.75. The summed E-state index contributed by atoms with van der Waals surface area (Å²) in [6.45, 7) is 2.75. The quantitative estimate of drug-likeness (QED) is 0.673. The number of nitrogens with one attached hydrogen (secondary N) is 2. The van der Waals surface area contributed by atoms with Gasteiger partial charge < -0.3 is 20.5 Å². The number of ether oxygens (including phenoxy) is 1. The maximum Gasteiger partial charge on any atom is 0.315 e. The standard InChI is InChI=1S/C16H25N3O3/c1-3-4-7-17-16(21)19-15(12-8-13(20)9-12)11-5-6-14(22-2)18-10-11/h5-6,10,12-13,15,20H,3-4,7-9H2,1-2H3,(H2,17,19,21). The highest BCUT2D eigenvalue weighted by Crippen LogP contribution is 2.38. The number of carbonyl (C=O) groups excluding carboxylic acids is 1. The van der Waals surface area contributed by atoms with E-state index in [0.717, 1.165) is 18.4 Å². The van der Waals surface area contributed by atoms with E-state index >= 15 is 0 Å². The molecule has 3 N–H and O–H groups in total. The second kappa shape index (κ2) is 7.98. The molecule has 1 heterocycles. The maximum atomic E-state index is 12.0. The molecule has 1 aromatic rings. The number of hydrogen-bond acceptors (Lipinski definition) is 4. The summed E-state index contributed by atoms with van der Waals surface area (Å²) < 4.78 is 5.06. The van der Waals surface area contributed by atoms with Gasteiger partial charge in [-0.3, -0.25) is 0 Å². The second-order valence-corrected chi connectivity index (χ2v) is 5.75. The van der Waals surface area contributed by atoms with Crippen LogP contribution in [0.3, 0.4) is 0 Å². The Hall–Kier alpha value is -1.82. The highest BCUT2D eigenvalue weighted by molar-refractivity contribution is 5.74. The van der Waals surface area contributed by atoms with Crippen LogP contribution in [0.4, 0.5) is 4.79 Å². The fraction of sp³-hybridized carbons (Fsp3) is 0.625. The number of unbranched alkanes of at least 4 members (excludes halogenated alkanes) is 1. The van der Waals surface area contributed by atoms with Crippen molar-refractivity contribution in [1.29, 1.82) is 0 Å². The third-order valence-electron chi connectivity index (χ3n) is 4.05. The van der Waals surface area contributed by atoms with Crippen LogP contribution >= 0.6 is 0 Å². The predicted octanol–water partition coefficient (Wildman–Crippen LogP) is 2.00. The number of hydrogen-bond donors (Lipinski definition) is 3. The van der Waals surface area contributed by atoms with Crippen molar-refractivity contribution in [3.8, 4) is 5.88 Å². The molecule has 6 heteroatoms. The molecule has 2 amide bonds. The first-order valence-electron chi connectivity index (χ1n) is 7.86. The van der Waals surface area contributed by atoms with Gasteiger partial charge in [-0.1, -0.05) is 19.4 Å². The lowest BCUT2D eigenvalue weighted by Gasteiger charge is -2.38. The molecule has 1 fully saturated rings. The minimum absolute atomic E-state index is 0.136. The van der Waals surface area contributed by atoms with Crippen molar-refractivity contribution >= 4 is 6.03 Å². The lowest BCUT2D eigenvalue weighted by molar-refractivity contribution is 0.0259. The predicted molar refractivity (Wildman–Crippen MR) is 83.7 cm³/mol. The van der Waals surface area contributed by atoms with E-state index in [4.69, 9.17) is 4.74 Å². The SMILES string of the molecule is CCCCNC(=O)NC(c1ccc(OC)nc1)C1CC(O)C1. The Morgan fingerprint density at radius 3 is 2.82 bits per heavy atom. The molecule has 122 valence electrons. The van der Waals surface area contributed by atoms with Gasteiger partial charge in [-0.2, -0.15) is 0 Å². The fourth-order valence-corrected chi connectivity index (χ4v) is 2.64. The van der Waals surface area contributed by atoms with Gasteiger partial charge in [0.15, 0.2) is 0 Å². The van der Waals surface area contributed by atoms with Gasteiger partial charge >= 0.3 is 6.03 Å². The van der Waals surface area contributed by atoms with E-state index in [2.05, 4.69) is 22.5 Å². The van der Waals surface area contributed by atoms with Crippen molar-refractivity contribution in [2.24, 2.45) is 5.92 Å². The molecule has 0 radical (unpaired) electrons. The molecule has 0 saturated heterocycles. The summed E-state index contributed by atoms with van der Waals surface area (Å²) in [6, 6.07) is 3.39. The van der Waals surface area contributed by atoms with Crippen LogP contribution in [-0.4, -0.2) is 35.9 Å². The van der Waals surface area contributed by atoms with Crippen molar-refractivity contribution in [3.05, 3.63) is 23.9 Å². The number of pyridine rings is 1. The monoisotopic (exact) mass is 307 g/mol. The number of amides is 2. The molecule has 1 aliphatic carbocycles. The largest absolute Gasteiger partial charge is 0.481 e. The number of carbonyl (C=O) groups is 1. The summed E-state index contributed by atoms with van der Waals surface area (Å²) in [5.41, 5.74) is 0.934. The molecular weight excluding hydrogens is 282 g/mol. The Labute approximate surface area is 131 Å². The average Bonchev–Trinajstić information content (AvgIpc) is 2.50. The van der Waals surface area contributed by atoms with Gasteiger partial charge in [0.2, 0.25) is 5.88 Å². The number of aromatic nitrogens is 1. The van der Waals surface area contributed by atoms with Gasteiger partial charge in [0.05, 0.1) is 19.3 Å². The van der Waals surface area contributed by atoms with E-state index in [9.17, 15) is 9.90 Å². The first-order chi connectivity index (χ1) is 10.6. The Kier molecular flexibility index (Phi) is 6.00. The van der Waals surface area contributed by atoms with Crippen LogP contribution in [0.15, 0.2) is 18.3 Å². The number of rotatable bonds is 7. The third-order valence-corrected chi connectivity index (χ3v) is 4.05. The van der Waals surface area contributed by atoms with Crippen LogP contribution < -0.4 is 15.4 Å². The molecule has 1 saturated carbocycles. The van der Waals surface area contributed by atoms with Crippen LogP contribution in [-0.2, 0) is 0 Å². The van der Waals surface area contributed by atoms with Crippen molar-refractivity contribution < 1.29 is 14.6 Å². The molecule has 1 atom stereocenters. The van der Waals surface area contributed by atoms with Crippen molar-refractivity contribution in [2.75, 3.05) is 13.7 Å². The van der Waals surface area contributed by atoms with E-state index in [-0.39, 0.29) is 24.1 Å². The highest BCUT2D eigenvalue weighted by Gasteiger charge is 2.35. The lowest BCUT2D eigenvalue weighted by Crippen LogP contribution is -2.45. The van der Waals surface area contributed by atoms with Crippen LogP contribution in [0.25, 0.3) is 0 Å². The fourth-order valence-electron chi connectivity index (χ4n) is 2.64. The van der Waals surface area contributed by atoms with Gasteiger partial charge in [-0.25, -0.2) is 9.78 Å². The Morgan fingerprint density at radius 1 is 1.50 bits per heavy atom. The van der Waals surface area contributed by atoms with Crippen LogP contribution in [0.1, 0.15) is 44.2 Å². The Balaban J connectivity index is 2.00. The molecular formula is C16H25N3O3.